The lowest BCUT2D eigenvalue weighted by Crippen LogP contribution is -2.15. The molecule has 0 aliphatic rings. The number of hydrogen-bond donors (Lipinski definition) is 2. The van der Waals surface area contributed by atoms with Gasteiger partial charge in [0, 0.05) is 5.38 Å². The molecule has 76 valence electrons. The molecule has 1 aromatic heterocycles. The van der Waals surface area contributed by atoms with Crippen molar-refractivity contribution in [3.8, 4) is 0 Å². The van der Waals surface area contributed by atoms with Crippen LogP contribution in [0.5, 0.6) is 0 Å². The third-order valence-corrected chi connectivity index (χ3v) is 1.85. The summed E-state index contributed by atoms with van der Waals surface area (Å²) < 4.78 is 11.6. The number of rotatable bonds is 4. The number of hydrogen-bond acceptors (Lipinski definition) is 6. The van der Waals surface area contributed by atoms with Crippen LogP contribution < -0.4 is 5.73 Å². The number of carboxylic acid groups (broad SMARTS) is 1. The highest BCUT2D eigenvalue weighted by Crippen LogP contribution is 2.12. The van der Waals surface area contributed by atoms with Crippen molar-refractivity contribution in [3.63, 3.8) is 0 Å². The van der Waals surface area contributed by atoms with Gasteiger partial charge in [-0.25, -0.2) is 14.2 Å². The number of halogens is 1. The van der Waals surface area contributed by atoms with Gasteiger partial charge >= 0.3 is 5.97 Å². The molecule has 0 saturated heterocycles. The molecule has 0 unspecified atom stereocenters. The Balaban J connectivity index is 2.94. The number of nitrogens with zero attached hydrogens (tertiary/aromatic N) is 2. The Labute approximate surface area is 81.8 Å². The number of oxime groups is 1. The van der Waals surface area contributed by atoms with Gasteiger partial charge in [0.25, 0.3) is 6.86 Å². The lowest BCUT2D eigenvalue weighted by molar-refractivity contribution is -0.129. The highest BCUT2D eigenvalue weighted by molar-refractivity contribution is 7.13. The smallest absolute Gasteiger partial charge is 0.360 e. The Morgan fingerprint density at radius 1 is 1.86 bits per heavy atom. The second-order valence-electron chi connectivity index (χ2n) is 2.05. The van der Waals surface area contributed by atoms with Crippen LogP contribution in [0.2, 0.25) is 0 Å². The molecule has 0 aromatic carbocycles. The number of aromatic nitrogens is 1. The van der Waals surface area contributed by atoms with Crippen LogP contribution in [-0.4, -0.2) is 28.6 Å². The molecule has 1 rings (SSSR count). The third kappa shape index (κ3) is 2.39. The minimum atomic E-state index is -1.36. The molecule has 3 N–H and O–H groups in total. The van der Waals surface area contributed by atoms with Crippen LogP contribution >= 0.6 is 11.3 Å². The van der Waals surface area contributed by atoms with E-state index in [9.17, 15) is 9.18 Å². The summed E-state index contributed by atoms with van der Waals surface area (Å²) in [5.41, 5.74) is 4.86. The first-order valence-electron chi connectivity index (χ1n) is 3.35. The van der Waals surface area contributed by atoms with Crippen molar-refractivity contribution in [1.29, 1.82) is 0 Å². The maximum absolute atomic E-state index is 11.6. The lowest BCUT2D eigenvalue weighted by Gasteiger charge is -1.95. The van der Waals surface area contributed by atoms with Gasteiger partial charge in [-0.1, -0.05) is 5.16 Å². The number of carboxylic acids is 1. The van der Waals surface area contributed by atoms with E-state index in [2.05, 4.69) is 15.0 Å². The molecule has 6 nitrogen and oxygen atoms in total. The Bertz CT molecular complexity index is 365. The molecule has 0 atom stereocenters. The van der Waals surface area contributed by atoms with E-state index < -0.39 is 18.5 Å². The minimum absolute atomic E-state index is 0.0495. The van der Waals surface area contributed by atoms with Gasteiger partial charge in [-0.3, -0.25) is 0 Å². The van der Waals surface area contributed by atoms with Gasteiger partial charge in [-0.2, -0.15) is 0 Å². The number of anilines is 1. The predicted octanol–water partition coefficient (Wildman–Crippen LogP) is 0.458. The number of nitrogens with two attached hydrogens (primary N) is 1. The number of nitrogen functional groups attached to an aromatic ring is 1. The average molecular weight is 219 g/mol. The highest BCUT2D eigenvalue weighted by atomic mass is 32.1. The van der Waals surface area contributed by atoms with Gasteiger partial charge in [0.05, 0.1) is 0 Å². The van der Waals surface area contributed by atoms with Crippen LogP contribution in [0.15, 0.2) is 10.5 Å². The van der Waals surface area contributed by atoms with E-state index in [4.69, 9.17) is 10.8 Å². The summed E-state index contributed by atoms with van der Waals surface area (Å²) in [6.07, 6.45) is 0. The second kappa shape index (κ2) is 4.51. The summed E-state index contributed by atoms with van der Waals surface area (Å²) in [6, 6.07) is 0. The molecule has 14 heavy (non-hydrogen) atoms. The van der Waals surface area contributed by atoms with Crippen LogP contribution in [0.1, 0.15) is 5.69 Å². The molecule has 0 fully saturated rings. The summed E-state index contributed by atoms with van der Waals surface area (Å²) in [5, 5.41) is 13.3. The first kappa shape index (κ1) is 10.4. The summed E-state index contributed by atoms with van der Waals surface area (Å²) in [7, 11) is 0. The average Bonchev–Trinajstić information content (AvgIpc) is 2.52. The zero-order chi connectivity index (χ0) is 10.6. The number of aliphatic carboxylic acids is 1. The van der Waals surface area contributed by atoms with E-state index >= 15 is 0 Å². The molecule has 0 aliphatic carbocycles. The number of alkyl halides is 1. The Hall–Kier alpha value is -1.70. The van der Waals surface area contributed by atoms with Gasteiger partial charge in [0.2, 0.25) is 5.71 Å². The monoisotopic (exact) mass is 219 g/mol. The van der Waals surface area contributed by atoms with Crippen molar-refractivity contribution < 1.29 is 19.1 Å². The zero-order valence-electron chi connectivity index (χ0n) is 6.81. The zero-order valence-corrected chi connectivity index (χ0v) is 7.62. The van der Waals surface area contributed by atoms with Crippen LogP contribution in [-0.2, 0) is 9.63 Å². The van der Waals surface area contributed by atoms with Gasteiger partial charge in [-0.05, 0) is 0 Å². The van der Waals surface area contributed by atoms with Crippen molar-refractivity contribution in [1.82, 2.24) is 4.98 Å². The standard InChI is InChI=1S/C6H6FN3O3S/c7-2-13-10-4(5(11)12)3-1-14-6(8)9-3/h1H,2H2,(H2,8,9)(H,11,12)/b10-4+. The number of thiazole rings is 1. The van der Waals surface area contributed by atoms with E-state index in [1.165, 1.54) is 5.38 Å². The molecule has 1 heterocycles. The van der Waals surface area contributed by atoms with Crippen molar-refractivity contribution in [2.75, 3.05) is 12.6 Å². The topological polar surface area (TPSA) is 97.8 Å². The van der Waals surface area contributed by atoms with Gasteiger partial charge in [-0.15, -0.1) is 11.3 Å². The van der Waals surface area contributed by atoms with Crippen LogP contribution in [0.4, 0.5) is 9.52 Å². The largest absolute Gasteiger partial charge is 0.476 e. The van der Waals surface area contributed by atoms with E-state index in [0.29, 0.717) is 0 Å². The summed E-state index contributed by atoms with van der Waals surface area (Å²) in [4.78, 5) is 18.3. The lowest BCUT2D eigenvalue weighted by atomic mass is 10.3. The van der Waals surface area contributed by atoms with E-state index in [1.807, 2.05) is 0 Å². The normalized spacial score (nSPS) is 11.4. The SMILES string of the molecule is Nc1nc(/C(=N\OCF)C(=O)O)cs1. The fraction of sp³-hybridized carbons (Fsp3) is 0.167. The van der Waals surface area contributed by atoms with Gasteiger partial charge in [0.15, 0.2) is 5.13 Å². The summed E-state index contributed by atoms with van der Waals surface area (Å²) in [6.45, 7) is -1.20. The first-order chi connectivity index (χ1) is 6.65. The van der Waals surface area contributed by atoms with E-state index in [1.54, 1.807) is 0 Å². The molecule has 1 aromatic rings. The fourth-order valence-corrected chi connectivity index (χ4v) is 1.23. The van der Waals surface area contributed by atoms with Crippen LogP contribution in [0, 0.1) is 0 Å². The first-order valence-corrected chi connectivity index (χ1v) is 4.23. The van der Waals surface area contributed by atoms with Crippen molar-refractivity contribution >= 4 is 28.1 Å². The Morgan fingerprint density at radius 2 is 2.57 bits per heavy atom. The highest BCUT2D eigenvalue weighted by Gasteiger charge is 2.16. The quantitative estimate of drug-likeness (QED) is 0.566. The van der Waals surface area contributed by atoms with Crippen LogP contribution in [0.25, 0.3) is 0 Å². The summed E-state index contributed by atoms with van der Waals surface area (Å²) >= 11 is 1.06. The molecule has 0 saturated carbocycles. The van der Waals surface area contributed by atoms with Crippen molar-refractivity contribution in [2.45, 2.75) is 0 Å². The Morgan fingerprint density at radius 3 is 3.00 bits per heavy atom. The maximum Gasteiger partial charge on any atom is 0.360 e. The molecule has 0 amide bonds. The van der Waals surface area contributed by atoms with Crippen molar-refractivity contribution in [3.05, 3.63) is 11.1 Å². The molecular formula is C6H6FN3O3S. The fourth-order valence-electron chi connectivity index (χ4n) is 0.681. The van der Waals surface area contributed by atoms with E-state index in [0.717, 1.165) is 11.3 Å². The van der Waals surface area contributed by atoms with Gasteiger partial charge in [0.1, 0.15) is 5.69 Å². The molecular weight excluding hydrogens is 213 g/mol. The minimum Gasteiger partial charge on any atom is -0.476 e. The number of carbonyl (C=O) groups is 1. The van der Waals surface area contributed by atoms with Gasteiger partial charge < -0.3 is 15.7 Å². The maximum atomic E-state index is 11.6. The third-order valence-electron chi connectivity index (χ3n) is 1.17. The molecule has 0 bridgehead atoms. The molecule has 8 heteroatoms. The van der Waals surface area contributed by atoms with Crippen molar-refractivity contribution in [2.24, 2.45) is 5.16 Å². The second-order valence-corrected chi connectivity index (χ2v) is 2.94. The molecule has 0 spiro atoms. The predicted molar refractivity (Wildman–Crippen MR) is 47.8 cm³/mol. The molecule has 0 aliphatic heterocycles. The van der Waals surface area contributed by atoms with Crippen LogP contribution in [0.3, 0.4) is 0 Å². The summed E-state index contributed by atoms with van der Waals surface area (Å²) in [5.74, 6) is -1.36. The molecule has 0 radical (unpaired) electrons. The van der Waals surface area contributed by atoms with E-state index in [-0.39, 0.29) is 10.8 Å². The Kier molecular flexibility index (Phi) is 3.35.